The second-order valence-electron chi connectivity index (χ2n) is 5.47. The lowest BCUT2D eigenvalue weighted by molar-refractivity contribution is -0.143. The van der Waals surface area contributed by atoms with E-state index in [0.29, 0.717) is 12.2 Å². The molecule has 0 heterocycles. The Hall–Kier alpha value is -1.49. The van der Waals surface area contributed by atoms with Crippen LogP contribution < -0.4 is 5.32 Å². The fourth-order valence-corrected chi connectivity index (χ4v) is 2.77. The third-order valence-corrected chi connectivity index (χ3v) is 4.32. The Morgan fingerprint density at radius 1 is 1.24 bits per heavy atom. The molecule has 1 aromatic carbocycles. The van der Waals surface area contributed by atoms with E-state index in [1.54, 1.807) is 25.6 Å². The van der Waals surface area contributed by atoms with Crippen molar-refractivity contribution in [2.75, 3.05) is 5.75 Å². The van der Waals surface area contributed by atoms with Crippen LogP contribution in [0.2, 0.25) is 0 Å². The second kappa shape index (κ2) is 8.08. The number of thioether (sulfide) groups is 1. The first-order valence-electron chi connectivity index (χ1n) is 7.03. The number of carboxylic acid groups (broad SMARTS) is 1. The zero-order valence-electron chi connectivity index (χ0n) is 13.0. The van der Waals surface area contributed by atoms with Crippen molar-refractivity contribution in [2.24, 2.45) is 5.92 Å². The van der Waals surface area contributed by atoms with Gasteiger partial charge in [0.1, 0.15) is 6.04 Å². The Balaban J connectivity index is 2.42. The highest BCUT2D eigenvalue weighted by Gasteiger charge is 2.22. The van der Waals surface area contributed by atoms with Crippen molar-refractivity contribution in [2.45, 2.75) is 45.1 Å². The van der Waals surface area contributed by atoms with Crippen molar-refractivity contribution < 1.29 is 14.7 Å². The normalized spacial score (nSPS) is 12.2. The molecule has 0 saturated heterocycles. The fraction of sp³-hybridized carbons (Fsp3) is 0.500. The summed E-state index contributed by atoms with van der Waals surface area (Å²) in [7, 11) is 0. The molecule has 0 saturated carbocycles. The topological polar surface area (TPSA) is 66.4 Å². The average Bonchev–Trinajstić information content (AvgIpc) is 2.39. The molecule has 5 heteroatoms. The summed E-state index contributed by atoms with van der Waals surface area (Å²) in [6, 6.07) is 5.39. The third kappa shape index (κ3) is 5.79. The lowest BCUT2D eigenvalue weighted by Gasteiger charge is -2.17. The molecule has 1 atom stereocenters. The number of carbonyl (C=O) groups excluding carboxylic acids is 1. The highest BCUT2D eigenvalue weighted by atomic mass is 32.2. The standard InChI is InChI=1S/C16H23NO3S/c1-10(2)15(16(19)20)17-14(18)7-8-21-13-6-5-11(3)12(4)9-13/h5-6,9-10,15H,7-8H2,1-4H3,(H,17,18)(H,19,20)/t15-/m0/s1. The molecule has 0 spiro atoms. The zero-order valence-corrected chi connectivity index (χ0v) is 13.8. The predicted octanol–water partition coefficient (Wildman–Crippen LogP) is 3.01. The van der Waals surface area contributed by atoms with Gasteiger partial charge in [0, 0.05) is 17.1 Å². The molecule has 116 valence electrons. The van der Waals surface area contributed by atoms with Gasteiger partial charge in [-0.25, -0.2) is 4.79 Å². The minimum absolute atomic E-state index is 0.126. The van der Waals surface area contributed by atoms with Gasteiger partial charge in [-0.15, -0.1) is 11.8 Å². The molecule has 0 aliphatic carbocycles. The number of hydrogen-bond donors (Lipinski definition) is 2. The van der Waals surface area contributed by atoms with Crippen molar-refractivity contribution in [1.29, 1.82) is 0 Å². The van der Waals surface area contributed by atoms with Crippen molar-refractivity contribution in [3.63, 3.8) is 0 Å². The van der Waals surface area contributed by atoms with Crippen molar-refractivity contribution in [3.05, 3.63) is 29.3 Å². The van der Waals surface area contributed by atoms with Crippen LogP contribution in [0.5, 0.6) is 0 Å². The van der Waals surface area contributed by atoms with E-state index in [2.05, 4.69) is 31.3 Å². The number of hydrogen-bond acceptors (Lipinski definition) is 3. The molecule has 0 unspecified atom stereocenters. The van der Waals surface area contributed by atoms with Crippen LogP contribution in [0, 0.1) is 19.8 Å². The molecule has 0 aliphatic rings. The maximum Gasteiger partial charge on any atom is 0.326 e. The summed E-state index contributed by atoms with van der Waals surface area (Å²) in [6.07, 6.45) is 0.314. The van der Waals surface area contributed by atoms with Crippen LogP contribution in [-0.4, -0.2) is 28.8 Å². The number of carboxylic acids is 1. The van der Waals surface area contributed by atoms with Crippen LogP contribution in [-0.2, 0) is 9.59 Å². The van der Waals surface area contributed by atoms with E-state index in [9.17, 15) is 9.59 Å². The van der Waals surface area contributed by atoms with E-state index in [1.807, 2.05) is 6.07 Å². The number of rotatable bonds is 7. The second-order valence-corrected chi connectivity index (χ2v) is 6.64. The predicted molar refractivity (Wildman–Crippen MR) is 85.7 cm³/mol. The van der Waals surface area contributed by atoms with Gasteiger partial charge < -0.3 is 10.4 Å². The molecule has 4 nitrogen and oxygen atoms in total. The summed E-state index contributed by atoms with van der Waals surface area (Å²) in [4.78, 5) is 23.9. The van der Waals surface area contributed by atoms with Crippen LogP contribution in [0.3, 0.4) is 0 Å². The number of benzene rings is 1. The Bertz CT molecular complexity index is 514. The summed E-state index contributed by atoms with van der Waals surface area (Å²) in [5.41, 5.74) is 2.48. The monoisotopic (exact) mass is 309 g/mol. The lowest BCUT2D eigenvalue weighted by atomic mass is 10.0. The van der Waals surface area contributed by atoms with Gasteiger partial charge in [-0.2, -0.15) is 0 Å². The molecule has 0 aliphatic heterocycles. The largest absolute Gasteiger partial charge is 0.480 e. The number of aryl methyl sites for hydroxylation is 2. The van der Waals surface area contributed by atoms with Gasteiger partial charge in [0.2, 0.25) is 5.91 Å². The fourth-order valence-electron chi connectivity index (χ4n) is 1.82. The highest BCUT2D eigenvalue weighted by molar-refractivity contribution is 7.99. The van der Waals surface area contributed by atoms with E-state index in [0.717, 1.165) is 4.90 Å². The molecule has 0 radical (unpaired) electrons. The minimum Gasteiger partial charge on any atom is -0.480 e. The number of amides is 1. The molecule has 0 fully saturated rings. The Morgan fingerprint density at radius 2 is 1.90 bits per heavy atom. The molecule has 2 N–H and O–H groups in total. The van der Waals surface area contributed by atoms with E-state index in [1.165, 1.54) is 11.1 Å². The van der Waals surface area contributed by atoms with Gasteiger partial charge in [0.05, 0.1) is 0 Å². The van der Waals surface area contributed by atoms with Gasteiger partial charge >= 0.3 is 5.97 Å². The van der Waals surface area contributed by atoms with Crippen LogP contribution in [0.25, 0.3) is 0 Å². The van der Waals surface area contributed by atoms with Crippen molar-refractivity contribution in [1.82, 2.24) is 5.32 Å². The number of nitrogens with one attached hydrogen (secondary N) is 1. The van der Waals surface area contributed by atoms with Crippen LogP contribution in [0.1, 0.15) is 31.4 Å². The number of carbonyl (C=O) groups is 2. The summed E-state index contributed by atoms with van der Waals surface area (Å²) in [6.45, 7) is 7.69. The SMILES string of the molecule is Cc1ccc(SCCC(=O)N[C@H](C(=O)O)C(C)C)cc1C. The lowest BCUT2D eigenvalue weighted by Crippen LogP contribution is -2.44. The zero-order chi connectivity index (χ0) is 16.0. The minimum atomic E-state index is -0.986. The van der Waals surface area contributed by atoms with Gasteiger partial charge in [0.15, 0.2) is 0 Å². The first-order chi connectivity index (χ1) is 9.81. The van der Waals surface area contributed by atoms with Gasteiger partial charge in [-0.3, -0.25) is 4.79 Å². The van der Waals surface area contributed by atoms with E-state index < -0.39 is 12.0 Å². The molecule has 21 heavy (non-hydrogen) atoms. The molecular formula is C16H23NO3S. The molecule has 1 rings (SSSR count). The summed E-state index contributed by atoms with van der Waals surface area (Å²) in [5, 5.41) is 11.6. The van der Waals surface area contributed by atoms with E-state index >= 15 is 0 Å². The summed E-state index contributed by atoms with van der Waals surface area (Å²) < 4.78 is 0. The Labute approximate surface area is 130 Å². The van der Waals surface area contributed by atoms with Crippen molar-refractivity contribution >= 4 is 23.6 Å². The van der Waals surface area contributed by atoms with Crippen LogP contribution in [0.15, 0.2) is 23.1 Å². The average molecular weight is 309 g/mol. The van der Waals surface area contributed by atoms with E-state index in [4.69, 9.17) is 5.11 Å². The van der Waals surface area contributed by atoms with Crippen molar-refractivity contribution in [3.8, 4) is 0 Å². The van der Waals surface area contributed by atoms with Gasteiger partial charge in [-0.1, -0.05) is 19.9 Å². The van der Waals surface area contributed by atoms with Gasteiger partial charge in [-0.05, 0) is 43.0 Å². The van der Waals surface area contributed by atoms with Gasteiger partial charge in [0.25, 0.3) is 0 Å². The van der Waals surface area contributed by atoms with Crippen LogP contribution in [0.4, 0.5) is 0 Å². The number of aliphatic carboxylic acids is 1. The third-order valence-electron chi connectivity index (χ3n) is 3.33. The van der Waals surface area contributed by atoms with E-state index in [-0.39, 0.29) is 11.8 Å². The van der Waals surface area contributed by atoms with Crippen LogP contribution >= 0.6 is 11.8 Å². The first kappa shape index (κ1) is 17.6. The Kier molecular flexibility index (Phi) is 6.75. The first-order valence-corrected chi connectivity index (χ1v) is 8.02. The molecule has 0 bridgehead atoms. The molecule has 1 aromatic rings. The maximum absolute atomic E-state index is 11.8. The maximum atomic E-state index is 11.8. The highest BCUT2D eigenvalue weighted by Crippen LogP contribution is 2.21. The quantitative estimate of drug-likeness (QED) is 0.760. The molecule has 1 amide bonds. The molecular weight excluding hydrogens is 286 g/mol. The molecule has 0 aromatic heterocycles. The smallest absolute Gasteiger partial charge is 0.326 e. The Morgan fingerprint density at radius 3 is 2.43 bits per heavy atom. The summed E-state index contributed by atoms with van der Waals surface area (Å²) in [5.74, 6) is -0.690. The summed E-state index contributed by atoms with van der Waals surface area (Å²) >= 11 is 1.61.